The van der Waals surface area contributed by atoms with Gasteiger partial charge in [0, 0.05) is 18.3 Å². The number of fused-ring (bicyclic) bond motifs is 1. The number of halogens is 1. The van der Waals surface area contributed by atoms with Crippen molar-refractivity contribution in [2.45, 2.75) is 26.4 Å². The molecule has 1 amide bonds. The SMILES string of the molecule is Cc1ncc2c(n1)CN(C(=O)Cc1nc(-c3ccc(F)s3)ccc1N)C2. The molecule has 0 aromatic carbocycles. The average molecular weight is 369 g/mol. The molecule has 0 atom stereocenters. The first kappa shape index (κ1) is 16.6. The second kappa shape index (κ2) is 6.45. The lowest BCUT2D eigenvalue weighted by molar-refractivity contribution is -0.131. The van der Waals surface area contributed by atoms with Gasteiger partial charge in [-0.25, -0.2) is 15.0 Å². The molecule has 2 N–H and O–H groups in total. The van der Waals surface area contributed by atoms with Crippen LogP contribution in [-0.2, 0) is 24.3 Å². The number of nitrogen functional groups attached to an aromatic ring is 1. The average Bonchev–Trinajstić information content (AvgIpc) is 3.22. The van der Waals surface area contributed by atoms with E-state index < -0.39 is 0 Å². The number of carbonyl (C=O) groups excluding carboxylic acids is 1. The number of amides is 1. The maximum Gasteiger partial charge on any atom is 0.229 e. The van der Waals surface area contributed by atoms with Gasteiger partial charge in [0.15, 0.2) is 5.13 Å². The van der Waals surface area contributed by atoms with Crippen molar-refractivity contribution < 1.29 is 9.18 Å². The zero-order valence-corrected chi connectivity index (χ0v) is 14.9. The monoisotopic (exact) mass is 369 g/mol. The second-order valence-corrected chi connectivity index (χ2v) is 7.19. The fourth-order valence-electron chi connectivity index (χ4n) is 2.93. The molecule has 0 unspecified atom stereocenters. The topological polar surface area (TPSA) is 85.0 Å². The number of nitrogens with two attached hydrogens (primary N) is 1. The zero-order chi connectivity index (χ0) is 18.3. The Kier molecular flexibility index (Phi) is 4.12. The molecule has 0 bridgehead atoms. The molecule has 0 spiro atoms. The van der Waals surface area contributed by atoms with Crippen LogP contribution in [0.5, 0.6) is 0 Å². The molecule has 8 heteroatoms. The van der Waals surface area contributed by atoms with Gasteiger partial charge in [0.05, 0.1) is 40.6 Å². The van der Waals surface area contributed by atoms with Gasteiger partial charge in [-0.2, -0.15) is 4.39 Å². The summed E-state index contributed by atoms with van der Waals surface area (Å²) in [5.74, 6) is 0.620. The summed E-state index contributed by atoms with van der Waals surface area (Å²) in [5, 5.41) is -0.275. The van der Waals surface area contributed by atoms with Gasteiger partial charge in [-0.1, -0.05) is 0 Å². The van der Waals surface area contributed by atoms with Crippen LogP contribution in [0.3, 0.4) is 0 Å². The van der Waals surface area contributed by atoms with E-state index in [-0.39, 0.29) is 17.5 Å². The van der Waals surface area contributed by atoms with Crippen molar-refractivity contribution in [3.63, 3.8) is 0 Å². The van der Waals surface area contributed by atoms with Gasteiger partial charge in [0.1, 0.15) is 5.82 Å². The summed E-state index contributed by atoms with van der Waals surface area (Å²) in [6, 6.07) is 6.50. The van der Waals surface area contributed by atoms with Crippen molar-refractivity contribution in [2.75, 3.05) is 5.73 Å². The third kappa shape index (κ3) is 3.15. The lowest BCUT2D eigenvalue weighted by Crippen LogP contribution is -2.27. The van der Waals surface area contributed by atoms with Gasteiger partial charge in [0.2, 0.25) is 5.91 Å². The highest BCUT2D eigenvalue weighted by Gasteiger charge is 2.25. The molecule has 3 aromatic rings. The lowest BCUT2D eigenvalue weighted by Gasteiger charge is -2.15. The largest absolute Gasteiger partial charge is 0.397 e. The minimum atomic E-state index is -0.275. The van der Waals surface area contributed by atoms with Crippen LogP contribution in [0.4, 0.5) is 10.1 Å². The molecule has 6 nitrogen and oxygen atoms in total. The van der Waals surface area contributed by atoms with Crippen molar-refractivity contribution in [1.82, 2.24) is 19.9 Å². The van der Waals surface area contributed by atoms with E-state index in [1.165, 1.54) is 6.07 Å². The molecule has 0 radical (unpaired) electrons. The molecule has 4 heterocycles. The van der Waals surface area contributed by atoms with Crippen molar-refractivity contribution in [3.8, 4) is 10.6 Å². The molecule has 132 valence electrons. The van der Waals surface area contributed by atoms with E-state index >= 15 is 0 Å². The van der Waals surface area contributed by atoms with Crippen LogP contribution >= 0.6 is 11.3 Å². The standard InChI is InChI=1S/C18H16FN5OS/c1-10-21-7-11-8-24(9-15(11)22-10)18(25)6-14-12(20)2-3-13(23-14)16-4-5-17(19)26-16/h2-5,7H,6,8-9,20H2,1H3. The first-order valence-electron chi connectivity index (χ1n) is 8.10. The quantitative estimate of drug-likeness (QED) is 0.767. The molecule has 0 aliphatic carbocycles. The molecule has 3 aromatic heterocycles. The summed E-state index contributed by atoms with van der Waals surface area (Å²) in [6.45, 7) is 2.78. The first-order valence-corrected chi connectivity index (χ1v) is 8.91. The maximum absolute atomic E-state index is 13.3. The molecule has 0 saturated heterocycles. The van der Waals surface area contributed by atoms with Crippen LogP contribution in [0.1, 0.15) is 22.8 Å². The number of nitrogens with zero attached hydrogens (tertiary/aromatic N) is 4. The third-order valence-electron chi connectivity index (χ3n) is 4.28. The third-order valence-corrected chi connectivity index (χ3v) is 5.18. The Labute approximate surface area is 153 Å². The number of aromatic nitrogens is 3. The maximum atomic E-state index is 13.3. The predicted molar refractivity (Wildman–Crippen MR) is 96.6 cm³/mol. The Morgan fingerprint density at radius 3 is 2.88 bits per heavy atom. The molecule has 4 rings (SSSR count). The Bertz CT molecular complexity index is 1000. The summed E-state index contributed by atoms with van der Waals surface area (Å²) in [4.78, 5) is 28.2. The Morgan fingerprint density at radius 1 is 1.27 bits per heavy atom. The molecular formula is C18H16FN5OS. The van der Waals surface area contributed by atoms with Crippen LogP contribution < -0.4 is 5.73 Å². The van der Waals surface area contributed by atoms with Gasteiger partial charge >= 0.3 is 0 Å². The number of carbonyl (C=O) groups is 1. The van der Waals surface area contributed by atoms with Crippen LogP contribution in [-0.4, -0.2) is 25.8 Å². The highest BCUT2D eigenvalue weighted by Crippen LogP contribution is 2.28. The minimum absolute atomic E-state index is 0.0747. The summed E-state index contributed by atoms with van der Waals surface area (Å²) in [6.07, 6.45) is 1.86. The van der Waals surface area contributed by atoms with Crippen molar-refractivity contribution >= 4 is 22.9 Å². The van der Waals surface area contributed by atoms with Gasteiger partial charge in [-0.15, -0.1) is 11.3 Å². The summed E-state index contributed by atoms with van der Waals surface area (Å²) < 4.78 is 13.3. The van der Waals surface area contributed by atoms with E-state index in [0.29, 0.717) is 40.9 Å². The Balaban J connectivity index is 1.53. The summed E-state index contributed by atoms with van der Waals surface area (Å²) in [7, 11) is 0. The molecule has 1 aliphatic heterocycles. The van der Waals surface area contributed by atoms with Gasteiger partial charge < -0.3 is 10.6 Å². The van der Waals surface area contributed by atoms with Gasteiger partial charge in [-0.05, 0) is 31.2 Å². The molecule has 0 fully saturated rings. The smallest absolute Gasteiger partial charge is 0.229 e. The van der Waals surface area contributed by atoms with E-state index in [1.54, 1.807) is 29.3 Å². The number of hydrogen-bond acceptors (Lipinski definition) is 6. The first-order chi connectivity index (χ1) is 12.5. The van der Waals surface area contributed by atoms with E-state index in [0.717, 1.165) is 22.6 Å². The number of anilines is 1. The van der Waals surface area contributed by atoms with Crippen molar-refractivity contribution in [3.05, 3.63) is 58.4 Å². The molecular weight excluding hydrogens is 353 g/mol. The Hall–Kier alpha value is -2.87. The fourth-order valence-corrected chi connectivity index (χ4v) is 3.63. The van der Waals surface area contributed by atoms with Crippen LogP contribution in [0.15, 0.2) is 30.5 Å². The number of hydrogen-bond donors (Lipinski definition) is 1. The number of pyridine rings is 1. The van der Waals surface area contributed by atoms with Gasteiger partial charge in [-0.3, -0.25) is 4.79 Å². The minimum Gasteiger partial charge on any atom is -0.397 e. The van der Waals surface area contributed by atoms with E-state index in [9.17, 15) is 9.18 Å². The number of rotatable bonds is 3. The van der Waals surface area contributed by atoms with Crippen LogP contribution in [0, 0.1) is 12.1 Å². The summed E-state index contributed by atoms with van der Waals surface area (Å²) >= 11 is 1.01. The summed E-state index contributed by atoms with van der Waals surface area (Å²) in [5.41, 5.74) is 9.41. The van der Waals surface area contributed by atoms with E-state index in [4.69, 9.17) is 5.73 Å². The highest BCUT2D eigenvalue weighted by atomic mass is 32.1. The Morgan fingerprint density at radius 2 is 2.12 bits per heavy atom. The fraction of sp³-hybridized carbons (Fsp3) is 0.222. The lowest BCUT2D eigenvalue weighted by atomic mass is 10.2. The molecule has 26 heavy (non-hydrogen) atoms. The van der Waals surface area contributed by atoms with Gasteiger partial charge in [0.25, 0.3) is 0 Å². The normalized spacial score (nSPS) is 13.1. The predicted octanol–water partition coefficient (Wildman–Crippen LogP) is 2.71. The van der Waals surface area contributed by atoms with Crippen molar-refractivity contribution in [2.24, 2.45) is 0 Å². The van der Waals surface area contributed by atoms with E-state index in [2.05, 4.69) is 15.0 Å². The number of aryl methyl sites for hydroxylation is 1. The zero-order valence-electron chi connectivity index (χ0n) is 14.1. The highest BCUT2D eigenvalue weighted by molar-refractivity contribution is 7.13. The molecule has 0 saturated carbocycles. The van der Waals surface area contributed by atoms with Crippen molar-refractivity contribution in [1.29, 1.82) is 0 Å². The van der Waals surface area contributed by atoms with Crippen LogP contribution in [0.25, 0.3) is 10.6 Å². The van der Waals surface area contributed by atoms with Crippen LogP contribution in [0.2, 0.25) is 0 Å². The molecule has 1 aliphatic rings. The second-order valence-electron chi connectivity index (χ2n) is 6.15. The van der Waals surface area contributed by atoms with E-state index in [1.807, 2.05) is 6.92 Å². The number of thiophene rings is 1.